The first-order valence-corrected chi connectivity index (χ1v) is 19.6. The molecule has 1 aliphatic carbocycles. The van der Waals surface area contributed by atoms with E-state index in [1.807, 2.05) is 0 Å². The molecule has 0 saturated carbocycles. The fraction of sp³-hybridized carbons (Fsp3) is 0.517. The van der Waals surface area contributed by atoms with E-state index in [9.17, 15) is 0 Å². The van der Waals surface area contributed by atoms with E-state index in [4.69, 9.17) is 17.0 Å². The zero-order valence-corrected chi connectivity index (χ0v) is 25.4. The van der Waals surface area contributed by atoms with Crippen LogP contribution >= 0.6 is 17.0 Å². The molecule has 1 aliphatic rings. The van der Waals surface area contributed by atoms with E-state index in [0.29, 0.717) is 11.8 Å². The summed E-state index contributed by atoms with van der Waals surface area (Å²) in [6.07, 6.45) is 2.44. The van der Waals surface area contributed by atoms with E-state index in [1.165, 1.54) is 44.5 Å². The van der Waals surface area contributed by atoms with Gasteiger partial charge in [-0.1, -0.05) is 0 Å². The summed E-state index contributed by atoms with van der Waals surface area (Å²) in [5, 5.41) is 0. The van der Waals surface area contributed by atoms with Crippen LogP contribution in [0.5, 0.6) is 0 Å². The Morgan fingerprint density at radius 1 is 0.781 bits per heavy atom. The van der Waals surface area contributed by atoms with Gasteiger partial charge in [0, 0.05) is 0 Å². The number of hydrogen-bond donors (Lipinski definition) is 0. The summed E-state index contributed by atoms with van der Waals surface area (Å²) in [5.41, 5.74) is 11.1. The molecule has 2 aromatic rings. The second-order valence-electron chi connectivity index (χ2n) is 12.0. The molecule has 0 nitrogen and oxygen atoms in total. The van der Waals surface area contributed by atoms with Gasteiger partial charge in [0.05, 0.1) is 0 Å². The van der Waals surface area contributed by atoms with Crippen LogP contribution in [0.1, 0.15) is 113 Å². The zero-order chi connectivity index (χ0) is 24.2. The van der Waals surface area contributed by atoms with Gasteiger partial charge in [-0.05, 0) is 0 Å². The minimum atomic E-state index is -2.59. The topological polar surface area (TPSA) is 0 Å². The summed E-state index contributed by atoms with van der Waals surface area (Å²) in [6.45, 7) is 23.0. The number of allylic oxidation sites excluding steroid dienone is 1. The third kappa shape index (κ3) is 5.16. The summed E-state index contributed by atoms with van der Waals surface area (Å²) in [5.74, 6) is 0.975. The molecule has 32 heavy (non-hydrogen) atoms. The number of fused-ring (bicyclic) bond motifs is 1. The second-order valence-corrected chi connectivity index (χ2v) is 20.8. The van der Waals surface area contributed by atoms with Gasteiger partial charge in [-0.3, -0.25) is 0 Å². The summed E-state index contributed by atoms with van der Waals surface area (Å²) in [4.78, 5) is 0. The van der Waals surface area contributed by atoms with Gasteiger partial charge in [0.25, 0.3) is 0 Å². The Balaban J connectivity index is 2.43. The van der Waals surface area contributed by atoms with Crippen molar-refractivity contribution in [3.8, 4) is 11.1 Å². The fourth-order valence-corrected chi connectivity index (χ4v) is 10.6. The zero-order valence-electron chi connectivity index (χ0n) is 21.5. The van der Waals surface area contributed by atoms with Crippen LogP contribution in [0, 0.1) is 5.41 Å². The quantitative estimate of drug-likeness (QED) is 0.356. The van der Waals surface area contributed by atoms with Crippen molar-refractivity contribution in [3.05, 3.63) is 63.7 Å². The number of benzene rings is 2. The molecule has 0 heterocycles. The molecular weight excluding hydrogens is 510 g/mol. The van der Waals surface area contributed by atoms with Gasteiger partial charge in [-0.15, -0.1) is 0 Å². The maximum atomic E-state index is 6.80. The van der Waals surface area contributed by atoms with Gasteiger partial charge < -0.3 is 0 Å². The Labute approximate surface area is 211 Å². The summed E-state index contributed by atoms with van der Waals surface area (Å²) in [7, 11) is 13.6. The molecule has 173 valence electrons. The Hall–Kier alpha value is -0.357. The van der Waals surface area contributed by atoms with E-state index in [2.05, 4.69) is 106 Å². The molecule has 0 aromatic heterocycles. The molecule has 0 saturated heterocycles. The van der Waals surface area contributed by atoms with Gasteiger partial charge in [0.2, 0.25) is 0 Å². The van der Waals surface area contributed by atoms with Crippen LogP contribution in [0.4, 0.5) is 0 Å². The standard InChI is InChI=1S/C29H39.2ClH.Zr/c1-18(2)21-13-22(19(3)4)15-23(14-21)27-25-17-24(28(5,6)7)16-20(25)11-12-26(27)29(8,9)10;;;/h11-19H,1-10H3;2*1H;/q;;;+2/p-2. The maximum absolute atomic E-state index is 6.80. The number of rotatable bonds is 4. The Bertz CT molecular complexity index is 1000. The molecule has 1 unspecified atom stereocenters. The van der Waals surface area contributed by atoms with Crippen molar-refractivity contribution < 1.29 is 19.4 Å². The van der Waals surface area contributed by atoms with Gasteiger partial charge in [-0.2, -0.15) is 0 Å². The van der Waals surface area contributed by atoms with Gasteiger partial charge in [-0.25, -0.2) is 0 Å². The Morgan fingerprint density at radius 2 is 1.31 bits per heavy atom. The molecule has 0 fully saturated rings. The molecule has 0 aliphatic heterocycles. The average molecular weight is 550 g/mol. The molecule has 0 radical (unpaired) electrons. The summed E-state index contributed by atoms with van der Waals surface area (Å²) in [6, 6.07) is 11.9. The normalized spacial score (nSPS) is 16.6. The van der Waals surface area contributed by atoms with Crippen LogP contribution in [-0.2, 0) is 24.8 Å². The van der Waals surface area contributed by atoms with Crippen LogP contribution in [0.3, 0.4) is 0 Å². The molecule has 0 bridgehead atoms. The van der Waals surface area contributed by atoms with E-state index < -0.39 is 19.4 Å². The van der Waals surface area contributed by atoms with Crippen molar-refractivity contribution in [1.29, 1.82) is 0 Å². The van der Waals surface area contributed by atoms with E-state index in [0.717, 1.165) is 0 Å². The first kappa shape index (κ1) is 26.3. The predicted molar refractivity (Wildman–Crippen MR) is 141 cm³/mol. The summed E-state index contributed by atoms with van der Waals surface area (Å²) < 4.78 is 0.223. The first-order valence-electron chi connectivity index (χ1n) is 11.9. The predicted octanol–water partition coefficient (Wildman–Crippen LogP) is 10.3. The molecule has 3 heteroatoms. The second kappa shape index (κ2) is 9.36. The van der Waals surface area contributed by atoms with Gasteiger partial charge in [0.15, 0.2) is 0 Å². The van der Waals surface area contributed by atoms with E-state index in [1.54, 1.807) is 0 Å². The van der Waals surface area contributed by atoms with Crippen LogP contribution in [0.25, 0.3) is 17.2 Å². The van der Waals surface area contributed by atoms with Crippen molar-refractivity contribution in [2.24, 2.45) is 5.41 Å². The number of hydrogen-bond acceptors (Lipinski definition) is 0. The Kier molecular flexibility index (Phi) is 7.68. The van der Waals surface area contributed by atoms with Crippen molar-refractivity contribution in [1.82, 2.24) is 0 Å². The monoisotopic (exact) mass is 547 g/mol. The average Bonchev–Trinajstić information content (AvgIpc) is 3.06. The van der Waals surface area contributed by atoms with Gasteiger partial charge >= 0.3 is 213 Å². The Morgan fingerprint density at radius 3 is 1.72 bits per heavy atom. The number of halogens is 2. The van der Waals surface area contributed by atoms with Gasteiger partial charge in [0.1, 0.15) is 0 Å². The van der Waals surface area contributed by atoms with Crippen molar-refractivity contribution >= 4 is 23.1 Å². The van der Waals surface area contributed by atoms with E-state index in [-0.39, 0.29) is 14.5 Å². The van der Waals surface area contributed by atoms with Crippen molar-refractivity contribution in [2.45, 2.75) is 90.1 Å². The third-order valence-corrected chi connectivity index (χ3v) is 11.9. The SMILES string of the molecule is CC(C)c1cc(-c2c(C(C)(C)C)ccc3c2C=C(C(C)(C)C)[CH]3[Zr]([Cl])[Cl])cc(C(C)C)c1. The molecule has 0 N–H and O–H groups in total. The summed E-state index contributed by atoms with van der Waals surface area (Å²) >= 11 is -2.59. The van der Waals surface area contributed by atoms with E-state index >= 15 is 0 Å². The molecule has 1 atom stereocenters. The first-order chi connectivity index (χ1) is 14.6. The fourth-order valence-electron chi connectivity index (χ4n) is 4.76. The molecule has 2 aromatic carbocycles. The molecule has 0 spiro atoms. The molecule has 0 amide bonds. The van der Waals surface area contributed by atoms with Crippen LogP contribution in [0.15, 0.2) is 35.9 Å². The third-order valence-electron chi connectivity index (χ3n) is 6.69. The van der Waals surface area contributed by atoms with Crippen molar-refractivity contribution in [3.63, 3.8) is 0 Å². The van der Waals surface area contributed by atoms with Crippen LogP contribution in [-0.4, -0.2) is 0 Å². The van der Waals surface area contributed by atoms with Crippen LogP contribution in [0.2, 0.25) is 0 Å². The molecule has 3 rings (SSSR count). The van der Waals surface area contributed by atoms with Crippen LogP contribution < -0.4 is 0 Å². The minimum absolute atomic E-state index is 0.0352. The molecular formula is C29H39Cl2Zr. The van der Waals surface area contributed by atoms with Crippen molar-refractivity contribution in [2.75, 3.05) is 0 Å².